The zero-order valence-electron chi connectivity index (χ0n) is 13.5. The van der Waals surface area contributed by atoms with Crippen molar-refractivity contribution in [2.24, 2.45) is 0 Å². The Morgan fingerprint density at radius 1 is 1.00 bits per heavy atom. The van der Waals surface area contributed by atoms with Crippen molar-refractivity contribution in [1.29, 1.82) is 5.26 Å². The standard InChI is InChI=1S/C20H18N2S/c1-20(2,3)23-17-9-8-16-12-22-13-19(18(16)10-17)15-6-4-14(11-21)5-7-15/h4-10,12-13H,1-3H3. The van der Waals surface area contributed by atoms with Crippen LogP contribution in [0.15, 0.2) is 59.8 Å². The van der Waals surface area contributed by atoms with Gasteiger partial charge in [0, 0.05) is 33.0 Å². The summed E-state index contributed by atoms with van der Waals surface area (Å²) in [5, 5.41) is 11.3. The Hall–Kier alpha value is -2.31. The Bertz CT molecular complexity index is 884. The number of fused-ring (bicyclic) bond motifs is 1. The van der Waals surface area contributed by atoms with E-state index in [1.807, 2.05) is 48.4 Å². The molecule has 3 rings (SSSR count). The summed E-state index contributed by atoms with van der Waals surface area (Å²) < 4.78 is 0.176. The van der Waals surface area contributed by atoms with E-state index in [1.54, 1.807) is 0 Å². The maximum atomic E-state index is 8.95. The van der Waals surface area contributed by atoms with Crippen molar-refractivity contribution in [2.45, 2.75) is 30.4 Å². The first-order valence-corrected chi connectivity index (χ1v) is 8.35. The molecule has 1 aromatic heterocycles. The van der Waals surface area contributed by atoms with Crippen molar-refractivity contribution in [3.63, 3.8) is 0 Å². The topological polar surface area (TPSA) is 36.7 Å². The van der Waals surface area contributed by atoms with Gasteiger partial charge in [0.05, 0.1) is 11.6 Å². The van der Waals surface area contributed by atoms with Gasteiger partial charge in [-0.3, -0.25) is 4.98 Å². The average molecular weight is 318 g/mol. The van der Waals surface area contributed by atoms with E-state index < -0.39 is 0 Å². The summed E-state index contributed by atoms with van der Waals surface area (Å²) >= 11 is 1.86. The van der Waals surface area contributed by atoms with E-state index in [4.69, 9.17) is 5.26 Å². The lowest BCUT2D eigenvalue weighted by molar-refractivity contribution is 0.803. The molecule has 1 heterocycles. The Kier molecular flexibility index (Phi) is 4.11. The second-order valence-electron chi connectivity index (χ2n) is 6.47. The molecule has 3 aromatic rings. The molecule has 2 aromatic carbocycles. The smallest absolute Gasteiger partial charge is 0.0991 e. The summed E-state index contributed by atoms with van der Waals surface area (Å²) in [6.07, 6.45) is 3.79. The molecule has 0 atom stereocenters. The molecule has 0 spiro atoms. The molecule has 114 valence electrons. The van der Waals surface area contributed by atoms with Crippen LogP contribution < -0.4 is 0 Å². The number of nitrogens with zero attached hydrogens (tertiary/aromatic N) is 2. The summed E-state index contributed by atoms with van der Waals surface area (Å²) in [5.41, 5.74) is 2.86. The van der Waals surface area contributed by atoms with Gasteiger partial charge in [0.1, 0.15) is 0 Å². The highest BCUT2D eigenvalue weighted by molar-refractivity contribution is 8.00. The van der Waals surface area contributed by atoms with Gasteiger partial charge in [0.15, 0.2) is 0 Å². The highest BCUT2D eigenvalue weighted by Crippen LogP contribution is 2.36. The van der Waals surface area contributed by atoms with E-state index >= 15 is 0 Å². The van der Waals surface area contributed by atoms with Crippen molar-refractivity contribution < 1.29 is 0 Å². The van der Waals surface area contributed by atoms with Crippen LogP contribution in [0.4, 0.5) is 0 Å². The van der Waals surface area contributed by atoms with E-state index in [2.05, 4.69) is 50.0 Å². The minimum Gasteiger partial charge on any atom is -0.263 e. The molecule has 0 N–H and O–H groups in total. The van der Waals surface area contributed by atoms with Gasteiger partial charge in [0.25, 0.3) is 0 Å². The highest BCUT2D eigenvalue weighted by Gasteiger charge is 2.13. The number of thioether (sulfide) groups is 1. The summed E-state index contributed by atoms with van der Waals surface area (Å²) in [5.74, 6) is 0. The monoisotopic (exact) mass is 318 g/mol. The van der Waals surface area contributed by atoms with Crippen molar-refractivity contribution in [1.82, 2.24) is 4.98 Å². The third kappa shape index (κ3) is 3.55. The van der Waals surface area contributed by atoms with Gasteiger partial charge >= 0.3 is 0 Å². The van der Waals surface area contributed by atoms with Gasteiger partial charge in [-0.05, 0) is 35.2 Å². The first-order chi connectivity index (χ1) is 11.0. The number of hydrogen-bond acceptors (Lipinski definition) is 3. The van der Waals surface area contributed by atoms with Gasteiger partial charge in [-0.25, -0.2) is 0 Å². The van der Waals surface area contributed by atoms with E-state index in [9.17, 15) is 0 Å². The molecule has 0 fully saturated rings. The molecular formula is C20H18N2S. The molecular weight excluding hydrogens is 300 g/mol. The van der Waals surface area contributed by atoms with Crippen LogP contribution in [0.3, 0.4) is 0 Å². The minimum absolute atomic E-state index is 0.176. The maximum Gasteiger partial charge on any atom is 0.0991 e. The van der Waals surface area contributed by atoms with Gasteiger partial charge in [-0.2, -0.15) is 5.26 Å². The van der Waals surface area contributed by atoms with E-state index in [-0.39, 0.29) is 4.75 Å². The van der Waals surface area contributed by atoms with Gasteiger partial charge in [0.2, 0.25) is 0 Å². The molecule has 0 aliphatic rings. The lowest BCUT2D eigenvalue weighted by Crippen LogP contribution is -2.06. The Morgan fingerprint density at radius 2 is 1.74 bits per heavy atom. The quantitative estimate of drug-likeness (QED) is 0.572. The zero-order valence-corrected chi connectivity index (χ0v) is 14.3. The van der Waals surface area contributed by atoms with Gasteiger partial charge in [-0.1, -0.05) is 39.0 Å². The second kappa shape index (κ2) is 6.06. The SMILES string of the molecule is CC(C)(C)Sc1ccc2cncc(-c3ccc(C#N)cc3)c2c1. The van der Waals surface area contributed by atoms with Crippen LogP contribution in [0, 0.1) is 11.3 Å². The van der Waals surface area contributed by atoms with Gasteiger partial charge < -0.3 is 0 Å². The number of hydrogen-bond donors (Lipinski definition) is 0. The molecule has 0 bridgehead atoms. The lowest BCUT2D eigenvalue weighted by atomic mass is 10.0. The van der Waals surface area contributed by atoms with Crippen LogP contribution in [0.25, 0.3) is 21.9 Å². The molecule has 23 heavy (non-hydrogen) atoms. The second-order valence-corrected chi connectivity index (χ2v) is 8.37. The van der Waals surface area contributed by atoms with Crippen LogP contribution in [0.5, 0.6) is 0 Å². The Balaban J connectivity index is 2.12. The Morgan fingerprint density at radius 3 is 2.39 bits per heavy atom. The molecule has 0 unspecified atom stereocenters. The predicted molar refractivity (Wildman–Crippen MR) is 97.5 cm³/mol. The van der Waals surface area contributed by atoms with Crippen LogP contribution in [-0.4, -0.2) is 9.73 Å². The summed E-state index contributed by atoms with van der Waals surface area (Å²) in [6, 6.07) is 16.3. The molecule has 0 aliphatic heterocycles. The fraction of sp³-hybridized carbons (Fsp3) is 0.200. The van der Waals surface area contributed by atoms with Crippen LogP contribution in [0.1, 0.15) is 26.3 Å². The van der Waals surface area contributed by atoms with Crippen molar-refractivity contribution in [3.8, 4) is 17.2 Å². The van der Waals surface area contributed by atoms with E-state index in [0.717, 1.165) is 16.5 Å². The molecule has 0 amide bonds. The molecule has 0 aliphatic carbocycles. The summed E-state index contributed by atoms with van der Waals surface area (Å²) in [4.78, 5) is 5.62. The number of aromatic nitrogens is 1. The molecule has 0 saturated carbocycles. The third-order valence-corrected chi connectivity index (χ3v) is 4.58. The van der Waals surface area contributed by atoms with Crippen LogP contribution >= 0.6 is 11.8 Å². The Labute approximate surface area is 141 Å². The summed E-state index contributed by atoms with van der Waals surface area (Å²) in [7, 11) is 0. The van der Waals surface area contributed by atoms with E-state index in [0.29, 0.717) is 5.56 Å². The fourth-order valence-corrected chi connectivity index (χ4v) is 3.53. The molecule has 0 saturated heterocycles. The number of rotatable bonds is 2. The molecule has 3 heteroatoms. The minimum atomic E-state index is 0.176. The number of pyridine rings is 1. The normalized spacial score (nSPS) is 11.4. The number of nitriles is 1. The van der Waals surface area contributed by atoms with Gasteiger partial charge in [-0.15, -0.1) is 11.8 Å². The first-order valence-electron chi connectivity index (χ1n) is 7.54. The molecule has 2 nitrogen and oxygen atoms in total. The largest absolute Gasteiger partial charge is 0.263 e. The third-order valence-electron chi connectivity index (χ3n) is 3.48. The van der Waals surface area contributed by atoms with Crippen molar-refractivity contribution in [3.05, 3.63) is 60.4 Å². The maximum absolute atomic E-state index is 8.95. The number of benzene rings is 2. The highest BCUT2D eigenvalue weighted by atomic mass is 32.2. The average Bonchev–Trinajstić information content (AvgIpc) is 2.53. The zero-order chi connectivity index (χ0) is 16.4. The van der Waals surface area contributed by atoms with Crippen molar-refractivity contribution in [2.75, 3.05) is 0 Å². The first kappa shape index (κ1) is 15.6. The predicted octanol–water partition coefficient (Wildman–Crippen LogP) is 5.66. The van der Waals surface area contributed by atoms with Crippen LogP contribution in [0.2, 0.25) is 0 Å². The summed E-state index contributed by atoms with van der Waals surface area (Å²) in [6.45, 7) is 6.65. The molecule has 0 radical (unpaired) electrons. The lowest BCUT2D eigenvalue weighted by Gasteiger charge is -2.18. The fourth-order valence-electron chi connectivity index (χ4n) is 2.51. The van der Waals surface area contributed by atoms with Crippen molar-refractivity contribution >= 4 is 22.5 Å². The van der Waals surface area contributed by atoms with E-state index in [1.165, 1.54) is 10.3 Å². The van der Waals surface area contributed by atoms with Crippen LogP contribution in [-0.2, 0) is 0 Å².